The number of halogens is 1. The highest BCUT2D eigenvalue weighted by Crippen LogP contribution is 2.29. The molecule has 4 nitrogen and oxygen atoms in total. The summed E-state index contributed by atoms with van der Waals surface area (Å²) in [5.74, 6) is 0.786. The molecule has 4 rings (SSSR count). The Balaban J connectivity index is 0.00000324. The van der Waals surface area contributed by atoms with Gasteiger partial charge < -0.3 is 9.64 Å². The minimum Gasteiger partial charge on any atom is -0.484 e. The van der Waals surface area contributed by atoms with Crippen molar-refractivity contribution in [3.8, 4) is 5.75 Å². The van der Waals surface area contributed by atoms with Gasteiger partial charge in [0, 0.05) is 26.2 Å². The number of carbonyl (C=O) groups excluding carboxylic acids is 1. The van der Waals surface area contributed by atoms with E-state index < -0.39 is 0 Å². The first-order valence-corrected chi connectivity index (χ1v) is 11.8. The number of benzene rings is 3. The zero-order chi connectivity index (χ0) is 23.3. The van der Waals surface area contributed by atoms with E-state index >= 15 is 0 Å². The summed E-state index contributed by atoms with van der Waals surface area (Å²) in [5, 5.41) is 0. The van der Waals surface area contributed by atoms with E-state index in [1.54, 1.807) is 0 Å². The van der Waals surface area contributed by atoms with Gasteiger partial charge in [0.25, 0.3) is 5.91 Å². The summed E-state index contributed by atoms with van der Waals surface area (Å²) in [6, 6.07) is 29.5. The van der Waals surface area contributed by atoms with Crippen molar-refractivity contribution in [3.05, 3.63) is 102 Å². The number of carbonyl (C=O) groups is 1. The summed E-state index contributed by atoms with van der Waals surface area (Å²) in [7, 11) is 0. The van der Waals surface area contributed by atoms with Gasteiger partial charge in [-0.2, -0.15) is 0 Å². The smallest absolute Gasteiger partial charge is 0.260 e. The topological polar surface area (TPSA) is 32.8 Å². The Morgan fingerprint density at radius 3 is 1.76 bits per heavy atom. The van der Waals surface area contributed by atoms with Crippen LogP contribution in [0.1, 0.15) is 43.5 Å². The molecule has 0 saturated carbocycles. The molecule has 1 fully saturated rings. The molecule has 5 heteroatoms. The predicted molar refractivity (Wildman–Crippen MR) is 141 cm³/mol. The van der Waals surface area contributed by atoms with E-state index in [1.807, 2.05) is 17.0 Å². The van der Waals surface area contributed by atoms with Crippen LogP contribution in [0.4, 0.5) is 0 Å². The fourth-order valence-electron chi connectivity index (χ4n) is 4.40. The zero-order valence-corrected chi connectivity index (χ0v) is 21.1. The number of piperazine rings is 1. The zero-order valence-electron chi connectivity index (χ0n) is 20.3. The Labute approximate surface area is 210 Å². The van der Waals surface area contributed by atoms with Crippen LogP contribution in [0.3, 0.4) is 0 Å². The maximum Gasteiger partial charge on any atom is 0.260 e. The molecule has 0 unspecified atom stereocenters. The van der Waals surface area contributed by atoms with Crippen LogP contribution < -0.4 is 4.74 Å². The third kappa shape index (κ3) is 6.40. The number of ether oxygens (including phenoxy) is 1. The van der Waals surface area contributed by atoms with Crippen molar-refractivity contribution in [1.29, 1.82) is 0 Å². The predicted octanol–water partition coefficient (Wildman–Crippen LogP) is 5.72. The number of rotatable bonds is 6. The van der Waals surface area contributed by atoms with Gasteiger partial charge in [-0.15, -0.1) is 12.4 Å². The minimum absolute atomic E-state index is 0. The summed E-state index contributed by atoms with van der Waals surface area (Å²) in [6.45, 7) is 9.73. The lowest BCUT2D eigenvalue weighted by atomic mass is 9.87. The lowest BCUT2D eigenvalue weighted by molar-refractivity contribution is -0.135. The van der Waals surface area contributed by atoms with Crippen molar-refractivity contribution in [2.24, 2.45) is 0 Å². The van der Waals surface area contributed by atoms with E-state index in [0.29, 0.717) is 13.1 Å². The van der Waals surface area contributed by atoms with Gasteiger partial charge in [0.05, 0.1) is 6.04 Å². The molecule has 0 N–H and O–H groups in total. The lowest BCUT2D eigenvalue weighted by Crippen LogP contribution is -2.51. The minimum atomic E-state index is 0. The fraction of sp³-hybridized carbons (Fsp3) is 0.345. The molecule has 0 aliphatic carbocycles. The second-order valence-electron chi connectivity index (χ2n) is 9.70. The van der Waals surface area contributed by atoms with Gasteiger partial charge in [0.15, 0.2) is 6.61 Å². The van der Waals surface area contributed by atoms with Crippen LogP contribution in [-0.4, -0.2) is 48.5 Å². The average molecular weight is 479 g/mol. The summed E-state index contributed by atoms with van der Waals surface area (Å²) < 4.78 is 5.80. The van der Waals surface area contributed by atoms with Crippen LogP contribution in [0.25, 0.3) is 0 Å². The van der Waals surface area contributed by atoms with Crippen LogP contribution in [-0.2, 0) is 10.2 Å². The molecule has 180 valence electrons. The molecular formula is C29H35ClN2O2. The van der Waals surface area contributed by atoms with Crippen molar-refractivity contribution < 1.29 is 9.53 Å². The quantitative estimate of drug-likeness (QED) is 0.454. The lowest BCUT2D eigenvalue weighted by Gasteiger charge is -2.39. The van der Waals surface area contributed by atoms with E-state index in [4.69, 9.17) is 4.74 Å². The van der Waals surface area contributed by atoms with Crippen molar-refractivity contribution in [2.45, 2.75) is 32.2 Å². The van der Waals surface area contributed by atoms with Crippen LogP contribution in [0.15, 0.2) is 84.9 Å². The van der Waals surface area contributed by atoms with Crippen molar-refractivity contribution in [3.63, 3.8) is 0 Å². The normalized spacial score (nSPS) is 14.5. The molecule has 0 atom stereocenters. The van der Waals surface area contributed by atoms with Crippen molar-refractivity contribution >= 4 is 18.3 Å². The third-order valence-electron chi connectivity index (χ3n) is 6.35. The van der Waals surface area contributed by atoms with Crippen LogP contribution >= 0.6 is 12.4 Å². The molecular weight excluding hydrogens is 444 g/mol. The first-order valence-electron chi connectivity index (χ1n) is 11.8. The second kappa shape index (κ2) is 11.5. The number of hydrogen-bond acceptors (Lipinski definition) is 3. The Morgan fingerprint density at radius 2 is 1.29 bits per heavy atom. The molecule has 1 saturated heterocycles. The number of hydrogen-bond donors (Lipinski definition) is 0. The molecule has 0 spiro atoms. The first kappa shape index (κ1) is 25.8. The summed E-state index contributed by atoms with van der Waals surface area (Å²) in [5.41, 5.74) is 3.92. The highest BCUT2D eigenvalue weighted by atomic mass is 35.5. The maximum absolute atomic E-state index is 12.8. The van der Waals surface area contributed by atoms with Gasteiger partial charge >= 0.3 is 0 Å². The fourth-order valence-corrected chi connectivity index (χ4v) is 4.40. The van der Waals surface area contributed by atoms with E-state index in [2.05, 4.69) is 98.5 Å². The molecule has 3 aromatic rings. The Morgan fingerprint density at radius 1 is 0.794 bits per heavy atom. The molecule has 0 aromatic heterocycles. The van der Waals surface area contributed by atoms with Crippen LogP contribution in [0.5, 0.6) is 5.75 Å². The summed E-state index contributed by atoms with van der Waals surface area (Å²) in [6.07, 6.45) is 0. The highest BCUT2D eigenvalue weighted by Gasteiger charge is 2.28. The number of amides is 1. The Kier molecular flexibility index (Phi) is 8.76. The highest BCUT2D eigenvalue weighted by molar-refractivity contribution is 5.85. The second-order valence-corrected chi connectivity index (χ2v) is 9.70. The molecule has 34 heavy (non-hydrogen) atoms. The Hall–Kier alpha value is -2.82. The van der Waals surface area contributed by atoms with Crippen LogP contribution in [0.2, 0.25) is 0 Å². The van der Waals surface area contributed by atoms with Gasteiger partial charge in [-0.3, -0.25) is 9.69 Å². The standard InChI is InChI=1S/C29H34N2O2.ClH/c1-29(2,3)25-14-16-26(17-15-25)33-22-27(32)30-18-20-31(21-19-30)28(23-10-6-4-7-11-23)24-12-8-5-9-13-24;/h4-17,28H,18-22H2,1-3H3;1H. The van der Waals surface area contributed by atoms with Gasteiger partial charge in [0.1, 0.15) is 5.75 Å². The van der Waals surface area contributed by atoms with E-state index in [1.165, 1.54) is 16.7 Å². The first-order chi connectivity index (χ1) is 15.9. The average Bonchev–Trinajstić information content (AvgIpc) is 2.84. The van der Waals surface area contributed by atoms with Gasteiger partial charge in [-0.25, -0.2) is 0 Å². The van der Waals surface area contributed by atoms with Gasteiger partial charge in [0.2, 0.25) is 0 Å². The Bertz CT molecular complexity index is 986. The van der Waals surface area contributed by atoms with Crippen molar-refractivity contribution in [2.75, 3.05) is 32.8 Å². The van der Waals surface area contributed by atoms with E-state index in [0.717, 1.165) is 18.8 Å². The number of nitrogens with zero attached hydrogens (tertiary/aromatic N) is 2. The molecule has 1 heterocycles. The molecule has 1 aliphatic rings. The molecule has 0 bridgehead atoms. The largest absolute Gasteiger partial charge is 0.484 e. The molecule has 1 amide bonds. The summed E-state index contributed by atoms with van der Waals surface area (Å²) >= 11 is 0. The van der Waals surface area contributed by atoms with E-state index in [-0.39, 0.29) is 36.4 Å². The van der Waals surface area contributed by atoms with Gasteiger partial charge in [-0.05, 0) is 34.2 Å². The monoisotopic (exact) mass is 478 g/mol. The molecule has 3 aromatic carbocycles. The maximum atomic E-state index is 12.8. The van der Waals surface area contributed by atoms with Crippen molar-refractivity contribution in [1.82, 2.24) is 9.80 Å². The molecule has 1 aliphatic heterocycles. The van der Waals surface area contributed by atoms with Crippen LogP contribution in [0, 0.1) is 0 Å². The van der Waals surface area contributed by atoms with Gasteiger partial charge in [-0.1, -0.05) is 93.6 Å². The third-order valence-corrected chi connectivity index (χ3v) is 6.35. The SMILES string of the molecule is CC(C)(C)c1ccc(OCC(=O)N2CCN(C(c3ccccc3)c3ccccc3)CC2)cc1.Cl. The molecule has 0 radical (unpaired) electrons. The summed E-state index contributed by atoms with van der Waals surface area (Å²) in [4.78, 5) is 17.2. The van der Waals surface area contributed by atoms with E-state index in [9.17, 15) is 4.79 Å².